The van der Waals surface area contributed by atoms with Gasteiger partial charge in [0, 0.05) is 0 Å². The zero-order chi connectivity index (χ0) is 11.9. The first-order valence-corrected chi connectivity index (χ1v) is 5.64. The van der Waals surface area contributed by atoms with Crippen LogP contribution in [0.1, 0.15) is 18.1 Å². The number of benzene rings is 1. The van der Waals surface area contributed by atoms with Gasteiger partial charge in [0.1, 0.15) is 6.04 Å². The molecule has 2 rings (SSSR count). The Morgan fingerprint density at radius 2 is 2.06 bits per heavy atom. The van der Waals surface area contributed by atoms with Crippen molar-refractivity contribution in [3.8, 4) is 0 Å². The summed E-state index contributed by atoms with van der Waals surface area (Å²) in [7, 11) is 0. The van der Waals surface area contributed by atoms with Gasteiger partial charge in [-0.05, 0) is 50.2 Å². The Hall–Kier alpha value is -1.42. The van der Waals surface area contributed by atoms with Gasteiger partial charge in [-0.25, -0.2) is 0 Å². The predicted octanol–water partition coefficient (Wildman–Crippen LogP) is 1.91. The summed E-state index contributed by atoms with van der Waals surface area (Å²) in [4.78, 5) is 13.5. The molecule has 0 aromatic heterocycles. The summed E-state index contributed by atoms with van der Waals surface area (Å²) in [6, 6.07) is 5.66. The fourth-order valence-electron chi connectivity index (χ4n) is 1.81. The number of nitrogens with one attached hydrogen (secondary N) is 1. The number of anilines is 1. The number of aryl methyl sites for hydroxylation is 1. The molecule has 0 spiro atoms. The van der Waals surface area contributed by atoms with Crippen LogP contribution in [-0.2, 0) is 4.79 Å². The Bertz CT molecular complexity index is 470. The molecule has 3 nitrogen and oxygen atoms in total. The van der Waals surface area contributed by atoms with Crippen LogP contribution < -0.4 is 10.2 Å². The molecule has 4 heteroatoms. The molecular weight excluding hydrogens is 220 g/mol. The van der Waals surface area contributed by atoms with E-state index in [4.69, 9.17) is 12.2 Å². The van der Waals surface area contributed by atoms with Gasteiger partial charge in [-0.1, -0.05) is 12.1 Å². The molecule has 16 heavy (non-hydrogen) atoms. The molecule has 1 aliphatic rings. The molecule has 0 radical (unpaired) electrons. The Kier molecular flexibility index (Phi) is 2.68. The van der Waals surface area contributed by atoms with Crippen LogP contribution in [0.2, 0.25) is 0 Å². The second-order valence-electron chi connectivity index (χ2n) is 4.06. The summed E-state index contributed by atoms with van der Waals surface area (Å²) in [6.07, 6.45) is 0. The first-order chi connectivity index (χ1) is 7.52. The van der Waals surface area contributed by atoms with Crippen LogP contribution in [0.3, 0.4) is 0 Å². The first kappa shape index (κ1) is 11.1. The third-order valence-corrected chi connectivity index (χ3v) is 3.25. The third-order valence-electron chi connectivity index (χ3n) is 2.95. The Balaban J connectivity index is 2.49. The average Bonchev–Trinajstić information content (AvgIpc) is 2.47. The molecule has 1 fully saturated rings. The number of carbonyl (C=O) groups is 1. The predicted molar refractivity (Wildman–Crippen MR) is 68.6 cm³/mol. The maximum atomic E-state index is 12.0. The van der Waals surface area contributed by atoms with Gasteiger partial charge in [-0.15, -0.1) is 0 Å². The van der Waals surface area contributed by atoms with Crippen molar-refractivity contribution in [2.45, 2.75) is 26.8 Å². The monoisotopic (exact) mass is 234 g/mol. The van der Waals surface area contributed by atoms with Crippen LogP contribution in [-0.4, -0.2) is 17.1 Å². The average molecular weight is 234 g/mol. The standard InChI is InChI=1S/C12H14N2OS/c1-7-5-4-6-10(8(7)2)14-11(15)9(3)13-12(14)16/h4-6,9H,1-3H3,(H,13,16). The van der Waals surface area contributed by atoms with Crippen molar-refractivity contribution in [1.29, 1.82) is 0 Å². The minimum Gasteiger partial charge on any atom is -0.350 e. The minimum atomic E-state index is -0.229. The number of carbonyl (C=O) groups excluding carboxylic acids is 1. The van der Waals surface area contributed by atoms with E-state index in [-0.39, 0.29) is 11.9 Å². The lowest BCUT2D eigenvalue weighted by Gasteiger charge is -2.18. The molecule has 1 unspecified atom stereocenters. The lowest BCUT2D eigenvalue weighted by molar-refractivity contribution is -0.117. The van der Waals surface area contributed by atoms with E-state index in [9.17, 15) is 4.79 Å². The van der Waals surface area contributed by atoms with E-state index in [1.54, 1.807) is 4.90 Å². The second kappa shape index (κ2) is 3.87. The molecule has 1 amide bonds. The highest BCUT2D eigenvalue weighted by molar-refractivity contribution is 7.80. The Morgan fingerprint density at radius 1 is 1.38 bits per heavy atom. The van der Waals surface area contributed by atoms with Crippen LogP contribution >= 0.6 is 12.2 Å². The van der Waals surface area contributed by atoms with E-state index in [0.717, 1.165) is 16.8 Å². The fourth-order valence-corrected chi connectivity index (χ4v) is 2.18. The number of nitrogens with zero attached hydrogens (tertiary/aromatic N) is 1. The summed E-state index contributed by atoms with van der Waals surface area (Å²) in [6.45, 7) is 5.85. The second-order valence-corrected chi connectivity index (χ2v) is 4.45. The lowest BCUT2D eigenvalue weighted by atomic mass is 10.1. The van der Waals surface area contributed by atoms with E-state index in [0.29, 0.717) is 5.11 Å². The Labute approximate surface area is 100 Å². The highest BCUT2D eigenvalue weighted by Crippen LogP contribution is 2.25. The van der Waals surface area contributed by atoms with E-state index < -0.39 is 0 Å². The van der Waals surface area contributed by atoms with Crippen LogP contribution in [0.4, 0.5) is 5.69 Å². The van der Waals surface area contributed by atoms with Crippen LogP contribution in [0.5, 0.6) is 0 Å². The van der Waals surface area contributed by atoms with Gasteiger partial charge in [-0.2, -0.15) is 0 Å². The van der Waals surface area contributed by atoms with Gasteiger partial charge in [0.25, 0.3) is 5.91 Å². The van der Waals surface area contributed by atoms with Crippen molar-refractivity contribution in [2.24, 2.45) is 0 Å². The molecule has 1 aliphatic heterocycles. The normalized spacial score (nSPS) is 20.2. The van der Waals surface area contributed by atoms with Crippen molar-refractivity contribution in [3.63, 3.8) is 0 Å². The van der Waals surface area contributed by atoms with E-state index in [1.807, 2.05) is 39.0 Å². The first-order valence-electron chi connectivity index (χ1n) is 5.23. The summed E-state index contributed by atoms with van der Waals surface area (Å²) in [5, 5.41) is 3.46. The van der Waals surface area contributed by atoms with E-state index in [2.05, 4.69) is 5.32 Å². The largest absolute Gasteiger partial charge is 0.350 e. The molecule has 0 saturated carbocycles. The molecule has 1 aromatic carbocycles. The number of hydrogen-bond donors (Lipinski definition) is 1. The zero-order valence-electron chi connectivity index (χ0n) is 9.57. The van der Waals surface area contributed by atoms with Gasteiger partial charge in [0.05, 0.1) is 5.69 Å². The lowest BCUT2D eigenvalue weighted by Crippen LogP contribution is -2.31. The summed E-state index contributed by atoms with van der Waals surface area (Å²) < 4.78 is 0. The minimum absolute atomic E-state index is 0.0127. The van der Waals surface area contributed by atoms with Crippen molar-refractivity contribution < 1.29 is 4.79 Å². The molecule has 0 aliphatic carbocycles. The van der Waals surface area contributed by atoms with Crippen molar-refractivity contribution in [3.05, 3.63) is 29.3 Å². The number of hydrogen-bond acceptors (Lipinski definition) is 2. The van der Waals surface area contributed by atoms with E-state index in [1.165, 1.54) is 0 Å². The summed E-state index contributed by atoms with van der Waals surface area (Å²) in [5.74, 6) is 0.0127. The quantitative estimate of drug-likeness (QED) is 0.753. The molecular formula is C12H14N2OS. The van der Waals surface area contributed by atoms with Gasteiger partial charge < -0.3 is 5.32 Å². The van der Waals surface area contributed by atoms with Gasteiger partial charge in [-0.3, -0.25) is 9.69 Å². The van der Waals surface area contributed by atoms with Crippen molar-refractivity contribution >= 4 is 28.9 Å². The molecule has 1 saturated heterocycles. The van der Waals surface area contributed by atoms with Crippen LogP contribution in [0, 0.1) is 13.8 Å². The molecule has 1 atom stereocenters. The molecule has 0 bridgehead atoms. The van der Waals surface area contributed by atoms with E-state index >= 15 is 0 Å². The SMILES string of the molecule is Cc1cccc(N2C(=O)C(C)NC2=S)c1C. The van der Waals surface area contributed by atoms with Gasteiger partial charge in [0.15, 0.2) is 5.11 Å². The summed E-state index contributed by atoms with van der Waals surface area (Å²) >= 11 is 5.17. The molecule has 1 N–H and O–H groups in total. The van der Waals surface area contributed by atoms with Crippen LogP contribution in [0.15, 0.2) is 18.2 Å². The number of rotatable bonds is 1. The maximum Gasteiger partial charge on any atom is 0.255 e. The summed E-state index contributed by atoms with van der Waals surface area (Å²) in [5.41, 5.74) is 3.13. The van der Waals surface area contributed by atoms with Crippen LogP contribution in [0.25, 0.3) is 0 Å². The highest BCUT2D eigenvalue weighted by atomic mass is 32.1. The maximum absolute atomic E-state index is 12.0. The molecule has 1 heterocycles. The zero-order valence-corrected chi connectivity index (χ0v) is 10.4. The fraction of sp³-hybridized carbons (Fsp3) is 0.333. The Morgan fingerprint density at radius 3 is 2.62 bits per heavy atom. The van der Waals surface area contributed by atoms with Gasteiger partial charge in [0.2, 0.25) is 0 Å². The van der Waals surface area contributed by atoms with Crippen molar-refractivity contribution in [2.75, 3.05) is 4.90 Å². The number of thiocarbonyl (C=S) groups is 1. The molecule has 84 valence electrons. The highest BCUT2D eigenvalue weighted by Gasteiger charge is 2.34. The topological polar surface area (TPSA) is 32.3 Å². The smallest absolute Gasteiger partial charge is 0.255 e. The van der Waals surface area contributed by atoms with Gasteiger partial charge >= 0.3 is 0 Å². The molecule has 1 aromatic rings. The van der Waals surface area contributed by atoms with Crippen molar-refractivity contribution in [1.82, 2.24) is 5.32 Å². The third kappa shape index (κ3) is 1.59. The number of amides is 1.